The van der Waals surface area contributed by atoms with Crippen LogP contribution in [0.2, 0.25) is 18.1 Å². The molecular formula is C32H50O3Si. The second-order valence-electron chi connectivity index (χ2n) is 13.0. The van der Waals surface area contributed by atoms with E-state index >= 15 is 0 Å². The van der Waals surface area contributed by atoms with Crippen LogP contribution in [0.15, 0.2) is 36.4 Å². The average molecular weight is 511 g/mol. The normalized spacial score (nSPS) is 14.4. The number of ether oxygens (including phenoxy) is 1. The SMILES string of the molecule is CCC(CCc1ccc(C=O)c(C)c1)c1ccc(OCC(O[Si](C)(C)C(C)(C)C)C(C)(C)C)c(C)c1. The molecule has 0 N–H and O–H groups in total. The summed E-state index contributed by atoms with van der Waals surface area (Å²) >= 11 is 0. The van der Waals surface area contributed by atoms with Gasteiger partial charge in [0.05, 0.1) is 6.10 Å². The molecule has 0 aliphatic rings. The number of aryl methyl sites for hydroxylation is 3. The smallest absolute Gasteiger partial charge is 0.192 e. The Labute approximate surface area is 222 Å². The van der Waals surface area contributed by atoms with Crippen LogP contribution >= 0.6 is 0 Å². The Bertz CT molecular complexity index is 1010. The van der Waals surface area contributed by atoms with Gasteiger partial charge >= 0.3 is 0 Å². The highest BCUT2D eigenvalue weighted by Gasteiger charge is 2.42. The van der Waals surface area contributed by atoms with Crippen LogP contribution in [0.25, 0.3) is 0 Å². The molecule has 0 aliphatic carbocycles. The minimum atomic E-state index is -1.90. The van der Waals surface area contributed by atoms with Gasteiger partial charge in [-0.05, 0) is 90.9 Å². The van der Waals surface area contributed by atoms with Crippen molar-refractivity contribution in [2.24, 2.45) is 5.41 Å². The van der Waals surface area contributed by atoms with Crippen molar-refractivity contribution in [2.75, 3.05) is 6.61 Å². The zero-order valence-electron chi connectivity index (χ0n) is 24.7. The van der Waals surface area contributed by atoms with Crippen LogP contribution in [0, 0.1) is 19.3 Å². The van der Waals surface area contributed by atoms with E-state index in [9.17, 15) is 4.79 Å². The molecule has 0 saturated heterocycles. The van der Waals surface area contributed by atoms with Crippen LogP contribution in [-0.2, 0) is 10.8 Å². The molecule has 2 unspecified atom stereocenters. The predicted molar refractivity (Wildman–Crippen MR) is 156 cm³/mol. The van der Waals surface area contributed by atoms with Crippen molar-refractivity contribution in [3.05, 3.63) is 64.2 Å². The number of benzene rings is 2. The van der Waals surface area contributed by atoms with Crippen molar-refractivity contribution in [3.63, 3.8) is 0 Å². The summed E-state index contributed by atoms with van der Waals surface area (Å²) in [6, 6.07) is 12.8. The van der Waals surface area contributed by atoms with Gasteiger partial charge in [-0.3, -0.25) is 4.79 Å². The summed E-state index contributed by atoms with van der Waals surface area (Å²) in [7, 11) is -1.90. The molecular weight excluding hydrogens is 460 g/mol. The summed E-state index contributed by atoms with van der Waals surface area (Å²) in [5.74, 6) is 1.44. The van der Waals surface area contributed by atoms with E-state index in [4.69, 9.17) is 9.16 Å². The fourth-order valence-corrected chi connectivity index (χ4v) is 5.71. The lowest BCUT2D eigenvalue weighted by molar-refractivity contribution is 0.0310. The standard InChI is InChI=1S/C32H50O3Si/c1-12-26(15-13-25-14-16-28(21-33)23(2)19-25)27-17-18-29(24(3)20-27)34-22-30(31(4,5)6)35-36(10,11)32(7,8)9/h14,16-21,26,30H,12-13,15,22H2,1-11H3. The summed E-state index contributed by atoms with van der Waals surface area (Å²) in [6.45, 7) is 25.2. The number of carbonyl (C=O) groups excluding carboxylic acids is 1. The molecule has 0 aliphatic heterocycles. The molecule has 0 saturated carbocycles. The van der Waals surface area contributed by atoms with Crippen molar-refractivity contribution in [3.8, 4) is 5.75 Å². The third-order valence-electron chi connectivity index (χ3n) is 8.01. The van der Waals surface area contributed by atoms with Crippen molar-refractivity contribution in [2.45, 2.75) is 112 Å². The quantitative estimate of drug-likeness (QED) is 0.223. The highest BCUT2D eigenvalue weighted by Crippen LogP contribution is 2.40. The highest BCUT2D eigenvalue weighted by molar-refractivity contribution is 6.74. The number of hydrogen-bond donors (Lipinski definition) is 0. The monoisotopic (exact) mass is 510 g/mol. The predicted octanol–water partition coefficient (Wildman–Crippen LogP) is 9.06. The fourth-order valence-electron chi connectivity index (χ4n) is 4.22. The van der Waals surface area contributed by atoms with E-state index in [2.05, 4.69) is 98.8 Å². The summed E-state index contributed by atoms with van der Waals surface area (Å²) in [4.78, 5) is 11.1. The van der Waals surface area contributed by atoms with E-state index < -0.39 is 8.32 Å². The topological polar surface area (TPSA) is 35.5 Å². The molecule has 0 heterocycles. The molecule has 0 bridgehead atoms. The molecule has 36 heavy (non-hydrogen) atoms. The van der Waals surface area contributed by atoms with E-state index in [1.54, 1.807) is 0 Å². The molecule has 2 atom stereocenters. The van der Waals surface area contributed by atoms with Crippen molar-refractivity contribution in [1.82, 2.24) is 0 Å². The van der Waals surface area contributed by atoms with Crippen LogP contribution in [0.1, 0.15) is 99.8 Å². The molecule has 200 valence electrons. The van der Waals surface area contributed by atoms with Gasteiger partial charge in [-0.2, -0.15) is 0 Å². The van der Waals surface area contributed by atoms with Gasteiger partial charge in [-0.25, -0.2) is 0 Å². The first kappa shape index (κ1) is 30.3. The first-order valence-electron chi connectivity index (χ1n) is 13.5. The van der Waals surface area contributed by atoms with E-state index in [1.807, 2.05) is 13.0 Å². The maximum atomic E-state index is 11.1. The third kappa shape index (κ3) is 8.04. The van der Waals surface area contributed by atoms with Crippen LogP contribution in [-0.4, -0.2) is 27.3 Å². The summed E-state index contributed by atoms with van der Waals surface area (Å²) < 4.78 is 13.2. The van der Waals surface area contributed by atoms with Crippen LogP contribution in [0.5, 0.6) is 5.75 Å². The molecule has 4 heteroatoms. The van der Waals surface area contributed by atoms with Crippen LogP contribution < -0.4 is 4.74 Å². The van der Waals surface area contributed by atoms with Crippen molar-refractivity contribution < 1.29 is 14.0 Å². The van der Waals surface area contributed by atoms with Gasteiger partial charge < -0.3 is 9.16 Å². The molecule has 2 aromatic carbocycles. The lowest BCUT2D eigenvalue weighted by Gasteiger charge is -2.43. The zero-order chi connectivity index (χ0) is 27.3. The van der Waals surface area contributed by atoms with Gasteiger partial charge in [0, 0.05) is 5.56 Å². The summed E-state index contributed by atoms with van der Waals surface area (Å²) in [5.41, 5.74) is 5.67. The van der Waals surface area contributed by atoms with Crippen LogP contribution in [0.4, 0.5) is 0 Å². The molecule has 2 rings (SSSR count). The number of carbonyl (C=O) groups is 1. The van der Waals surface area contributed by atoms with E-state index in [0.29, 0.717) is 12.5 Å². The molecule has 0 aromatic heterocycles. The van der Waals surface area contributed by atoms with E-state index in [1.165, 1.54) is 16.7 Å². The zero-order valence-corrected chi connectivity index (χ0v) is 25.7. The molecule has 3 nitrogen and oxygen atoms in total. The minimum absolute atomic E-state index is 0.00104. The van der Waals surface area contributed by atoms with Gasteiger partial charge in [0.25, 0.3) is 0 Å². The lowest BCUT2D eigenvalue weighted by atomic mass is 9.88. The Morgan fingerprint density at radius 3 is 2.11 bits per heavy atom. The molecule has 0 amide bonds. The Hall–Kier alpha value is -1.91. The maximum Gasteiger partial charge on any atom is 0.192 e. The Morgan fingerprint density at radius 1 is 0.944 bits per heavy atom. The highest BCUT2D eigenvalue weighted by atomic mass is 28.4. The lowest BCUT2D eigenvalue weighted by Crippen LogP contribution is -2.49. The van der Waals surface area contributed by atoms with Gasteiger partial charge in [0.1, 0.15) is 18.6 Å². The van der Waals surface area contributed by atoms with Crippen LogP contribution in [0.3, 0.4) is 0 Å². The Kier molecular flexibility index (Phi) is 10.2. The second kappa shape index (κ2) is 12.1. The van der Waals surface area contributed by atoms with Gasteiger partial charge in [-0.15, -0.1) is 0 Å². The third-order valence-corrected chi connectivity index (χ3v) is 12.5. The second-order valence-corrected chi connectivity index (χ2v) is 17.8. The van der Waals surface area contributed by atoms with E-state index in [-0.39, 0.29) is 16.6 Å². The Morgan fingerprint density at radius 2 is 1.61 bits per heavy atom. The average Bonchev–Trinajstić information content (AvgIpc) is 2.76. The Balaban J connectivity index is 2.10. The minimum Gasteiger partial charge on any atom is -0.491 e. The van der Waals surface area contributed by atoms with E-state index in [0.717, 1.165) is 42.4 Å². The molecule has 0 radical (unpaired) electrons. The van der Waals surface area contributed by atoms with Gasteiger partial charge in [0.15, 0.2) is 8.32 Å². The first-order chi connectivity index (χ1) is 16.6. The fraction of sp³-hybridized carbons (Fsp3) is 0.594. The first-order valence-corrected chi connectivity index (χ1v) is 16.5. The molecule has 0 spiro atoms. The maximum absolute atomic E-state index is 11.1. The van der Waals surface area contributed by atoms with Crippen molar-refractivity contribution >= 4 is 14.6 Å². The largest absolute Gasteiger partial charge is 0.491 e. The number of hydrogen-bond acceptors (Lipinski definition) is 3. The molecule has 2 aromatic rings. The molecule has 0 fully saturated rings. The number of aldehydes is 1. The number of rotatable bonds is 11. The van der Waals surface area contributed by atoms with Gasteiger partial charge in [-0.1, -0.05) is 78.8 Å². The van der Waals surface area contributed by atoms with Crippen molar-refractivity contribution in [1.29, 1.82) is 0 Å². The summed E-state index contributed by atoms with van der Waals surface area (Å²) in [5, 5.41) is 0.165. The van der Waals surface area contributed by atoms with Gasteiger partial charge in [0.2, 0.25) is 0 Å². The summed E-state index contributed by atoms with van der Waals surface area (Å²) in [6.07, 6.45) is 4.16.